The van der Waals surface area contributed by atoms with E-state index in [-0.39, 0.29) is 29.0 Å². The third kappa shape index (κ3) is 4.99. The van der Waals surface area contributed by atoms with Crippen LogP contribution in [-0.2, 0) is 23.8 Å². The van der Waals surface area contributed by atoms with Crippen molar-refractivity contribution in [1.82, 2.24) is 0 Å². The van der Waals surface area contributed by atoms with Crippen molar-refractivity contribution in [3.05, 3.63) is 58.7 Å². The SMILES string of the molecule is COc1ccc(CC(=O)Cc2ccc(C(=O)O)c(OC)c2)c(C(F)(F)F)c1. The Kier molecular flexibility index (Phi) is 6.09. The maximum absolute atomic E-state index is 13.2. The van der Waals surface area contributed by atoms with E-state index in [1.165, 1.54) is 44.6 Å². The monoisotopic (exact) mass is 382 g/mol. The number of carbonyl (C=O) groups excluding carboxylic acids is 1. The highest BCUT2D eigenvalue weighted by atomic mass is 19.4. The molecule has 0 saturated heterocycles. The van der Waals surface area contributed by atoms with Crippen molar-refractivity contribution in [2.75, 3.05) is 14.2 Å². The van der Waals surface area contributed by atoms with Gasteiger partial charge in [0.05, 0.1) is 19.8 Å². The van der Waals surface area contributed by atoms with Crippen molar-refractivity contribution < 1.29 is 37.3 Å². The number of rotatable bonds is 7. The van der Waals surface area contributed by atoms with E-state index in [1.807, 2.05) is 0 Å². The Morgan fingerprint density at radius 3 is 2.26 bits per heavy atom. The number of carboxylic acid groups (broad SMARTS) is 1. The molecule has 27 heavy (non-hydrogen) atoms. The van der Waals surface area contributed by atoms with Gasteiger partial charge >= 0.3 is 12.1 Å². The van der Waals surface area contributed by atoms with Gasteiger partial charge in [-0.2, -0.15) is 13.2 Å². The minimum absolute atomic E-state index is 0.0486. The summed E-state index contributed by atoms with van der Waals surface area (Å²) < 4.78 is 49.5. The molecule has 1 N–H and O–H groups in total. The van der Waals surface area contributed by atoms with Crippen LogP contribution in [0.15, 0.2) is 36.4 Å². The molecular weight excluding hydrogens is 365 g/mol. The Morgan fingerprint density at radius 2 is 1.70 bits per heavy atom. The van der Waals surface area contributed by atoms with Crippen LogP contribution in [0.3, 0.4) is 0 Å². The van der Waals surface area contributed by atoms with Crippen molar-refractivity contribution in [3.8, 4) is 11.5 Å². The molecule has 0 radical (unpaired) electrons. The van der Waals surface area contributed by atoms with Gasteiger partial charge in [-0.3, -0.25) is 4.79 Å². The molecule has 8 heteroatoms. The number of carboxylic acids is 1. The molecule has 0 aliphatic heterocycles. The predicted octanol–water partition coefficient (Wildman–Crippen LogP) is 3.78. The number of ketones is 1. The predicted molar refractivity (Wildman–Crippen MR) is 90.4 cm³/mol. The molecule has 0 saturated carbocycles. The molecule has 0 amide bonds. The lowest BCUT2D eigenvalue weighted by molar-refractivity contribution is -0.138. The Balaban J connectivity index is 2.22. The average Bonchev–Trinajstić information content (AvgIpc) is 2.60. The highest BCUT2D eigenvalue weighted by molar-refractivity contribution is 5.91. The molecule has 0 unspecified atom stereocenters. The largest absolute Gasteiger partial charge is 0.497 e. The van der Waals surface area contributed by atoms with E-state index in [0.717, 1.165) is 6.07 Å². The summed E-state index contributed by atoms with van der Waals surface area (Å²) in [5, 5.41) is 9.05. The number of benzene rings is 2. The highest BCUT2D eigenvalue weighted by Gasteiger charge is 2.34. The molecule has 0 spiro atoms. The summed E-state index contributed by atoms with van der Waals surface area (Å²) in [6.45, 7) is 0. The second kappa shape index (κ2) is 8.11. The summed E-state index contributed by atoms with van der Waals surface area (Å²) in [5.41, 5.74) is -0.691. The van der Waals surface area contributed by atoms with Gasteiger partial charge in [0.2, 0.25) is 0 Å². The maximum atomic E-state index is 13.2. The van der Waals surface area contributed by atoms with E-state index in [2.05, 4.69) is 0 Å². The molecule has 0 atom stereocenters. The second-order valence-corrected chi connectivity index (χ2v) is 5.75. The van der Waals surface area contributed by atoms with Crippen molar-refractivity contribution >= 4 is 11.8 Å². The van der Waals surface area contributed by atoms with Crippen LogP contribution in [0.2, 0.25) is 0 Å². The van der Waals surface area contributed by atoms with Gasteiger partial charge in [0.25, 0.3) is 0 Å². The minimum Gasteiger partial charge on any atom is -0.497 e. The van der Waals surface area contributed by atoms with Gasteiger partial charge < -0.3 is 14.6 Å². The van der Waals surface area contributed by atoms with Crippen molar-refractivity contribution in [1.29, 1.82) is 0 Å². The maximum Gasteiger partial charge on any atom is 0.416 e. The summed E-state index contributed by atoms with van der Waals surface area (Å²) >= 11 is 0. The number of ether oxygens (including phenoxy) is 2. The molecule has 0 aliphatic rings. The van der Waals surface area contributed by atoms with E-state index < -0.39 is 29.9 Å². The molecular formula is C19H17F3O5. The first-order valence-corrected chi connectivity index (χ1v) is 7.81. The lowest BCUT2D eigenvalue weighted by Gasteiger charge is -2.14. The summed E-state index contributed by atoms with van der Waals surface area (Å²) in [4.78, 5) is 23.4. The summed E-state index contributed by atoms with van der Waals surface area (Å²) in [6.07, 6.45) is -5.18. The zero-order valence-electron chi connectivity index (χ0n) is 14.6. The fourth-order valence-corrected chi connectivity index (χ4v) is 2.63. The summed E-state index contributed by atoms with van der Waals surface area (Å²) in [6, 6.07) is 7.55. The molecule has 2 aromatic rings. The molecule has 5 nitrogen and oxygen atoms in total. The van der Waals surface area contributed by atoms with Crippen molar-refractivity contribution in [2.45, 2.75) is 19.0 Å². The van der Waals surface area contributed by atoms with E-state index in [4.69, 9.17) is 14.6 Å². The number of carbonyl (C=O) groups is 2. The number of hydrogen-bond acceptors (Lipinski definition) is 4. The van der Waals surface area contributed by atoms with Crippen LogP contribution < -0.4 is 9.47 Å². The number of aromatic carboxylic acids is 1. The number of Topliss-reactive ketones (excluding diaryl/α,β-unsaturated/α-hetero) is 1. The van der Waals surface area contributed by atoms with Crippen LogP contribution in [0.25, 0.3) is 0 Å². The Hall–Kier alpha value is -3.03. The number of hydrogen-bond donors (Lipinski definition) is 1. The Bertz CT molecular complexity index is 859. The smallest absolute Gasteiger partial charge is 0.416 e. The van der Waals surface area contributed by atoms with Crippen molar-refractivity contribution in [2.24, 2.45) is 0 Å². The zero-order valence-corrected chi connectivity index (χ0v) is 14.6. The first-order valence-electron chi connectivity index (χ1n) is 7.81. The normalized spacial score (nSPS) is 11.1. The van der Waals surface area contributed by atoms with Crippen LogP contribution in [0.4, 0.5) is 13.2 Å². The quantitative estimate of drug-likeness (QED) is 0.789. The van der Waals surface area contributed by atoms with E-state index in [9.17, 15) is 22.8 Å². The molecule has 144 valence electrons. The molecule has 0 aromatic heterocycles. The number of methoxy groups -OCH3 is 2. The highest BCUT2D eigenvalue weighted by Crippen LogP contribution is 2.35. The molecule has 0 bridgehead atoms. The van der Waals surface area contributed by atoms with Gasteiger partial charge in [-0.05, 0) is 35.4 Å². The Labute approximate surface area is 153 Å². The van der Waals surface area contributed by atoms with E-state index in [1.54, 1.807) is 0 Å². The second-order valence-electron chi connectivity index (χ2n) is 5.75. The topological polar surface area (TPSA) is 72.8 Å². The van der Waals surface area contributed by atoms with Gasteiger partial charge in [0.15, 0.2) is 0 Å². The van der Waals surface area contributed by atoms with E-state index in [0.29, 0.717) is 5.56 Å². The fourth-order valence-electron chi connectivity index (χ4n) is 2.63. The van der Waals surface area contributed by atoms with Crippen molar-refractivity contribution in [3.63, 3.8) is 0 Å². The zero-order chi connectivity index (χ0) is 20.2. The first kappa shape index (κ1) is 20.3. The molecule has 2 aromatic carbocycles. The van der Waals surface area contributed by atoms with Gasteiger partial charge in [-0.15, -0.1) is 0 Å². The summed E-state index contributed by atoms with van der Waals surface area (Å²) in [7, 11) is 2.55. The van der Waals surface area contributed by atoms with Crippen LogP contribution in [-0.4, -0.2) is 31.1 Å². The molecule has 0 fully saturated rings. The van der Waals surface area contributed by atoms with Gasteiger partial charge in [-0.1, -0.05) is 12.1 Å². The standard InChI is InChI=1S/C19H17F3O5/c1-26-14-5-4-12(16(10-14)19(20,21)22)9-13(23)7-11-3-6-15(18(24)25)17(8-11)27-2/h3-6,8,10H,7,9H2,1-2H3,(H,24,25). The molecule has 2 rings (SSSR count). The number of alkyl halides is 3. The van der Waals surface area contributed by atoms with E-state index >= 15 is 0 Å². The van der Waals surface area contributed by atoms with Crippen LogP contribution in [0.1, 0.15) is 27.0 Å². The van der Waals surface area contributed by atoms with Crippen LogP contribution >= 0.6 is 0 Å². The average molecular weight is 382 g/mol. The molecule has 0 heterocycles. The minimum atomic E-state index is -4.61. The fraction of sp³-hybridized carbons (Fsp3) is 0.263. The van der Waals surface area contributed by atoms with Crippen LogP contribution in [0, 0.1) is 0 Å². The van der Waals surface area contributed by atoms with Gasteiger partial charge in [0, 0.05) is 12.8 Å². The lowest BCUT2D eigenvalue weighted by Crippen LogP contribution is -2.14. The van der Waals surface area contributed by atoms with Crippen LogP contribution in [0.5, 0.6) is 11.5 Å². The Morgan fingerprint density at radius 1 is 1.00 bits per heavy atom. The third-order valence-corrected chi connectivity index (χ3v) is 3.91. The number of halogens is 3. The van der Waals surface area contributed by atoms with Gasteiger partial charge in [0.1, 0.15) is 22.8 Å². The lowest BCUT2D eigenvalue weighted by atomic mass is 9.97. The third-order valence-electron chi connectivity index (χ3n) is 3.91. The summed E-state index contributed by atoms with van der Waals surface area (Å²) in [5.74, 6) is -1.51. The molecule has 0 aliphatic carbocycles. The van der Waals surface area contributed by atoms with Gasteiger partial charge in [-0.25, -0.2) is 4.79 Å². The first-order chi connectivity index (χ1) is 12.7.